The van der Waals surface area contributed by atoms with Gasteiger partial charge < -0.3 is 9.88 Å². The molecule has 1 aliphatic carbocycles. The van der Waals surface area contributed by atoms with E-state index in [1.807, 2.05) is 23.1 Å². The zero-order valence-electron chi connectivity index (χ0n) is 14.1. The van der Waals surface area contributed by atoms with Crippen LogP contribution in [0.3, 0.4) is 0 Å². The Kier molecular flexibility index (Phi) is 4.61. The molecule has 0 bridgehead atoms. The van der Waals surface area contributed by atoms with Crippen molar-refractivity contribution in [1.29, 1.82) is 0 Å². The summed E-state index contributed by atoms with van der Waals surface area (Å²) < 4.78 is 0. The summed E-state index contributed by atoms with van der Waals surface area (Å²) in [4.78, 5) is 33.4. The van der Waals surface area contributed by atoms with Crippen molar-refractivity contribution >= 4 is 23.4 Å². The first-order chi connectivity index (χ1) is 12.2. The van der Waals surface area contributed by atoms with E-state index in [0.29, 0.717) is 5.75 Å². The molecule has 2 aliphatic rings. The van der Waals surface area contributed by atoms with Gasteiger partial charge in [-0.2, -0.15) is 4.98 Å². The lowest BCUT2D eigenvalue weighted by atomic mass is 9.98. The third-order valence-electron chi connectivity index (χ3n) is 4.93. The van der Waals surface area contributed by atoms with Crippen molar-refractivity contribution in [3.05, 3.63) is 51.6 Å². The molecule has 1 aliphatic heterocycles. The number of hydrogen-bond acceptors (Lipinski definition) is 4. The number of aromatic nitrogens is 2. The average Bonchev–Trinajstić information content (AvgIpc) is 2.65. The Morgan fingerprint density at radius 1 is 1.16 bits per heavy atom. The minimum Gasteiger partial charge on any atom is -0.311 e. The number of aryl methyl sites for hydroxylation is 2. The maximum Gasteiger partial charge on any atom is 0.346 e. The Hall–Kier alpha value is -2.08. The fourth-order valence-electron chi connectivity index (χ4n) is 3.72. The lowest BCUT2D eigenvalue weighted by Crippen LogP contribution is -2.36. The Morgan fingerprint density at radius 3 is 2.92 bits per heavy atom. The number of para-hydroxylation sites is 1. The maximum absolute atomic E-state index is 12.8. The van der Waals surface area contributed by atoms with E-state index in [9.17, 15) is 9.59 Å². The van der Waals surface area contributed by atoms with Crippen LogP contribution in [-0.2, 0) is 24.1 Å². The molecule has 6 heteroatoms. The molecule has 1 aromatic carbocycles. The molecular formula is C19H21N3O2S. The van der Waals surface area contributed by atoms with Crippen molar-refractivity contribution in [1.82, 2.24) is 9.97 Å². The zero-order valence-corrected chi connectivity index (χ0v) is 14.9. The van der Waals surface area contributed by atoms with Gasteiger partial charge >= 0.3 is 5.69 Å². The van der Waals surface area contributed by atoms with E-state index in [-0.39, 0.29) is 11.6 Å². The second-order valence-corrected chi connectivity index (χ2v) is 7.54. The summed E-state index contributed by atoms with van der Waals surface area (Å²) in [5.41, 5.74) is 4.09. The van der Waals surface area contributed by atoms with Crippen LogP contribution in [0.1, 0.15) is 36.1 Å². The Morgan fingerprint density at radius 2 is 2.00 bits per heavy atom. The summed E-state index contributed by atoms with van der Waals surface area (Å²) in [5.74, 6) is 0.404. The molecule has 0 atom stereocenters. The average molecular weight is 355 g/mol. The zero-order chi connectivity index (χ0) is 17.2. The van der Waals surface area contributed by atoms with Crippen molar-refractivity contribution in [3.63, 3.8) is 0 Å². The van der Waals surface area contributed by atoms with Crippen LogP contribution in [0.5, 0.6) is 0 Å². The molecule has 4 rings (SSSR count). The van der Waals surface area contributed by atoms with Crippen molar-refractivity contribution in [3.8, 4) is 0 Å². The van der Waals surface area contributed by atoms with Gasteiger partial charge in [-0.3, -0.25) is 4.79 Å². The first kappa shape index (κ1) is 16.4. The highest BCUT2D eigenvalue weighted by Crippen LogP contribution is 2.30. The van der Waals surface area contributed by atoms with Crippen LogP contribution >= 0.6 is 11.8 Å². The van der Waals surface area contributed by atoms with E-state index in [1.54, 1.807) is 0 Å². The van der Waals surface area contributed by atoms with Gasteiger partial charge in [0.15, 0.2) is 0 Å². The minimum atomic E-state index is -0.307. The predicted octanol–water partition coefficient (Wildman–Crippen LogP) is 2.72. The molecule has 0 saturated heterocycles. The Labute approximate surface area is 150 Å². The fourth-order valence-corrected chi connectivity index (χ4v) is 4.68. The largest absolute Gasteiger partial charge is 0.346 e. The number of anilines is 1. The molecular weight excluding hydrogens is 334 g/mol. The van der Waals surface area contributed by atoms with Crippen molar-refractivity contribution in [2.45, 2.75) is 43.6 Å². The van der Waals surface area contributed by atoms with E-state index >= 15 is 0 Å². The number of benzene rings is 1. The second kappa shape index (κ2) is 7.04. The first-order valence-corrected chi connectivity index (χ1v) is 9.84. The molecule has 25 heavy (non-hydrogen) atoms. The summed E-state index contributed by atoms with van der Waals surface area (Å²) in [6.45, 7) is 0.761. The van der Waals surface area contributed by atoms with Gasteiger partial charge in [0, 0.05) is 23.5 Å². The molecule has 1 aromatic heterocycles. The van der Waals surface area contributed by atoms with Gasteiger partial charge in [-0.25, -0.2) is 4.79 Å². The van der Waals surface area contributed by atoms with Crippen molar-refractivity contribution in [2.75, 3.05) is 17.2 Å². The van der Waals surface area contributed by atoms with E-state index in [4.69, 9.17) is 0 Å². The number of H-pyrrole nitrogens is 1. The molecule has 0 spiro atoms. The third-order valence-corrected chi connectivity index (χ3v) is 5.93. The Bertz CT molecular complexity index is 862. The standard InChI is InChI=1S/C19H21N3O2S/c23-17(22-11-5-7-13-6-1-4-10-16(13)22)12-25-18-14-8-2-3-9-15(14)20-19(24)21-18/h1,4,6,10H,2-3,5,7-9,11-12H2,(H,20,21,24). The van der Waals surface area contributed by atoms with Crippen molar-refractivity contribution in [2.24, 2.45) is 0 Å². The number of amides is 1. The van der Waals surface area contributed by atoms with Crippen LogP contribution in [0.15, 0.2) is 34.1 Å². The highest BCUT2D eigenvalue weighted by atomic mass is 32.2. The summed E-state index contributed by atoms with van der Waals surface area (Å²) in [6, 6.07) is 8.11. The second-order valence-electron chi connectivity index (χ2n) is 6.58. The van der Waals surface area contributed by atoms with Gasteiger partial charge in [0.25, 0.3) is 0 Å². The van der Waals surface area contributed by atoms with Crippen LogP contribution in [0.2, 0.25) is 0 Å². The number of nitrogens with one attached hydrogen (secondary N) is 1. The van der Waals surface area contributed by atoms with Gasteiger partial charge in [0.2, 0.25) is 5.91 Å². The van der Waals surface area contributed by atoms with Gasteiger partial charge in [-0.15, -0.1) is 0 Å². The molecule has 2 heterocycles. The molecule has 5 nitrogen and oxygen atoms in total. The number of rotatable bonds is 3. The topological polar surface area (TPSA) is 66.1 Å². The SMILES string of the molecule is O=C(CSc1nc(=O)[nH]c2c1CCCC2)N1CCCc2ccccc21. The molecule has 0 saturated carbocycles. The molecule has 0 unspecified atom stereocenters. The lowest BCUT2D eigenvalue weighted by Gasteiger charge is -2.29. The number of thioether (sulfide) groups is 1. The summed E-state index contributed by atoms with van der Waals surface area (Å²) >= 11 is 1.40. The van der Waals surface area contributed by atoms with Gasteiger partial charge in [-0.1, -0.05) is 30.0 Å². The normalized spacial score (nSPS) is 16.2. The molecule has 2 aromatic rings. The van der Waals surface area contributed by atoms with Crippen LogP contribution in [0, 0.1) is 0 Å². The monoisotopic (exact) mass is 355 g/mol. The van der Waals surface area contributed by atoms with E-state index in [0.717, 1.165) is 67.0 Å². The van der Waals surface area contributed by atoms with Crippen LogP contribution in [-0.4, -0.2) is 28.2 Å². The van der Waals surface area contributed by atoms with Gasteiger partial charge in [0.05, 0.1) is 5.75 Å². The van der Waals surface area contributed by atoms with Gasteiger partial charge in [0.1, 0.15) is 5.03 Å². The summed E-state index contributed by atoms with van der Waals surface area (Å²) in [7, 11) is 0. The van der Waals surface area contributed by atoms with E-state index in [2.05, 4.69) is 16.0 Å². The molecule has 130 valence electrons. The molecule has 0 fully saturated rings. The number of fused-ring (bicyclic) bond motifs is 2. The van der Waals surface area contributed by atoms with E-state index < -0.39 is 0 Å². The predicted molar refractivity (Wildman–Crippen MR) is 99.3 cm³/mol. The molecule has 0 radical (unpaired) electrons. The maximum atomic E-state index is 12.8. The first-order valence-electron chi connectivity index (χ1n) is 8.85. The van der Waals surface area contributed by atoms with E-state index in [1.165, 1.54) is 17.3 Å². The fraction of sp³-hybridized carbons (Fsp3) is 0.421. The number of hydrogen-bond donors (Lipinski definition) is 1. The van der Waals surface area contributed by atoms with Gasteiger partial charge in [-0.05, 0) is 50.2 Å². The summed E-state index contributed by atoms with van der Waals surface area (Å²) in [6.07, 6.45) is 6.06. The van der Waals surface area contributed by atoms with Crippen LogP contribution < -0.4 is 10.6 Å². The Balaban J connectivity index is 1.52. The van der Waals surface area contributed by atoms with Crippen LogP contribution in [0.25, 0.3) is 0 Å². The number of carbonyl (C=O) groups excluding carboxylic acids is 1. The third kappa shape index (κ3) is 3.35. The number of carbonyl (C=O) groups is 1. The highest BCUT2D eigenvalue weighted by molar-refractivity contribution is 8.00. The van der Waals surface area contributed by atoms with Crippen molar-refractivity contribution < 1.29 is 4.79 Å². The smallest absolute Gasteiger partial charge is 0.311 e. The highest BCUT2D eigenvalue weighted by Gasteiger charge is 2.23. The lowest BCUT2D eigenvalue weighted by molar-refractivity contribution is -0.116. The number of aromatic amines is 1. The molecule has 1 amide bonds. The molecule has 1 N–H and O–H groups in total. The summed E-state index contributed by atoms with van der Waals surface area (Å²) in [5, 5.41) is 0.733. The quantitative estimate of drug-likeness (QED) is 0.679. The minimum absolute atomic E-state index is 0.0868. The number of nitrogens with zero attached hydrogens (tertiary/aromatic N) is 2. The van der Waals surface area contributed by atoms with Crippen LogP contribution in [0.4, 0.5) is 5.69 Å².